The van der Waals surface area contributed by atoms with Crippen LogP contribution in [0, 0.1) is 11.8 Å². The zero-order chi connectivity index (χ0) is 22.7. The molecule has 0 spiro atoms. The maximum Gasteiger partial charge on any atom is 0.223 e. The molecular weight excluding hydrogens is 402 g/mol. The maximum absolute atomic E-state index is 13.1. The Labute approximate surface area is 189 Å². The van der Waals surface area contributed by atoms with E-state index in [9.17, 15) is 4.79 Å². The van der Waals surface area contributed by atoms with Crippen LogP contribution >= 0.6 is 0 Å². The van der Waals surface area contributed by atoms with Crippen molar-refractivity contribution in [3.8, 4) is 0 Å². The third-order valence-electron chi connectivity index (χ3n) is 6.69. The van der Waals surface area contributed by atoms with Gasteiger partial charge in [-0.25, -0.2) is 0 Å². The zero-order valence-corrected chi connectivity index (χ0v) is 19.4. The summed E-state index contributed by atoms with van der Waals surface area (Å²) < 4.78 is 1.44. The van der Waals surface area contributed by atoms with E-state index >= 15 is 0 Å². The van der Waals surface area contributed by atoms with Gasteiger partial charge in [-0.05, 0) is 64.8 Å². The van der Waals surface area contributed by atoms with Gasteiger partial charge in [0.05, 0.1) is 6.04 Å². The molecule has 32 heavy (non-hydrogen) atoms. The lowest BCUT2D eigenvalue weighted by molar-refractivity contribution is -0.126. The van der Waals surface area contributed by atoms with Gasteiger partial charge in [0.2, 0.25) is 5.91 Å². The topological polar surface area (TPSA) is 88.3 Å². The molecule has 8 heteroatoms. The number of hydrogen-bond donors (Lipinski definition) is 1. The highest BCUT2D eigenvalue weighted by Gasteiger charge is 2.28. The Morgan fingerprint density at radius 3 is 2.41 bits per heavy atom. The van der Waals surface area contributed by atoms with Crippen molar-refractivity contribution in [1.29, 1.82) is 0 Å². The number of tetrazole rings is 1. The molecule has 1 N–H and O–H groups in total. The number of nitrogens with zero attached hydrogens (tertiary/aromatic N) is 6. The van der Waals surface area contributed by atoms with E-state index in [0.29, 0.717) is 17.5 Å². The molecule has 1 aliphatic heterocycles. The van der Waals surface area contributed by atoms with E-state index in [-0.39, 0.29) is 17.9 Å². The monoisotopic (exact) mass is 435 g/mol. The number of amides is 1. The predicted molar refractivity (Wildman–Crippen MR) is 124 cm³/mol. The van der Waals surface area contributed by atoms with Crippen LogP contribution in [0.15, 0.2) is 36.4 Å². The minimum absolute atomic E-state index is 0.0173. The first kappa shape index (κ1) is 22.2. The lowest BCUT2D eigenvalue weighted by Gasteiger charge is -2.33. The summed E-state index contributed by atoms with van der Waals surface area (Å²) in [5.41, 5.74) is 3.16. The van der Waals surface area contributed by atoms with Gasteiger partial charge in [-0.1, -0.05) is 52.0 Å². The summed E-state index contributed by atoms with van der Waals surface area (Å²) in [6.45, 7) is 10.4. The number of rotatable bonds is 7. The van der Waals surface area contributed by atoms with Gasteiger partial charge in [-0.3, -0.25) is 4.79 Å². The van der Waals surface area contributed by atoms with Crippen LogP contribution in [0.5, 0.6) is 0 Å². The van der Waals surface area contributed by atoms with Crippen LogP contribution in [0.25, 0.3) is 5.65 Å². The summed E-state index contributed by atoms with van der Waals surface area (Å²) in [4.78, 5) is 15.3. The smallest absolute Gasteiger partial charge is 0.223 e. The summed E-state index contributed by atoms with van der Waals surface area (Å²) in [7, 11) is 0. The molecule has 1 amide bonds. The Morgan fingerprint density at radius 2 is 1.75 bits per heavy atom. The molecule has 1 aromatic carbocycles. The van der Waals surface area contributed by atoms with Crippen LogP contribution in [0.2, 0.25) is 0 Å². The zero-order valence-electron chi connectivity index (χ0n) is 19.4. The molecule has 4 rings (SSSR count). The number of anilines is 1. The van der Waals surface area contributed by atoms with E-state index < -0.39 is 0 Å². The van der Waals surface area contributed by atoms with E-state index in [4.69, 9.17) is 0 Å². The number of fused-ring (bicyclic) bond motifs is 1. The standard InChI is InChI=1S/C24H33N7O/c1-5-17(4)18-6-8-19(9-7-18)23(16(2)3)25-24(32)20-12-14-30(15-13-20)22-11-10-21-26-28-29-31(21)27-22/h6-11,16-17,20,23H,5,12-15H2,1-4H3,(H,25,32). The molecule has 0 bridgehead atoms. The van der Waals surface area contributed by atoms with Gasteiger partial charge >= 0.3 is 0 Å². The SMILES string of the molecule is CCC(C)c1ccc(C(NC(=O)C2CCN(c3ccc4nnnn4n3)CC2)C(C)C)cc1. The molecule has 2 aromatic heterocycles. The first-order chi connectivity index (χ1) is 15.5. The van der Waals surface area contributed by atoms with Gasteiger partial charge < -0.3 is 10.2 Å². The first-order valence-corrected chi connectivity index (χ1v) is 11.7. The molecular formula is C24H33N7O. The highest BCUT2D eigenvalue weighted by Crippen LogP contribution is 2.27. The molecule has 2 unspecified atom stereocenters. The Balaban J connectivity index is 1.37. The Kier molecular flexibility index (Phi) is 6.67. The molecule has 1 aliphatic rings. The van der Waals surface area contributed by atoms with Crippen molar-refractivity contribution in [2.45, 2.75) is 58.9 Å². The average Bonchev–Trinajstić information content (AvgIpc) is 3.30. The molecule has 1 saturated heterocycles. The van der Waals surface area contributed by atoms with Crippen molar-refractivity contribution in [3.05, 3.63) is 47.5 Å². The lowest BCUT2D eigenvalue weighted by atomic mass is 9.90. The van der Waals surface area contributed by atoms with Gasteiger partial charge in [0.25, 0.3) is 0 Å². The first-order valence-electron chi connectivity index (χ1n) is 11.7. The average molecular weight is 436 g/mol. The van der Waals surface area contributed by atoms with Gasteiger partial charge in [-0.2, -0.15) is 0 Å². The second kappa shape index (κ2) is 9.63. The molecule has 3 heterocycles. The summed E-state index contributed by atoms with van der Waals surface area (Å²) in [5, 5.41) is 19.2. The van der Waals surface area contributed by atoms with E-state index in [2.05, 4.69) is 82.8 Å². The van der Waals surface area contributed by atoms with E-state index in [1.807, 2.05) is 12.1 Å². The van der Waals surface area contributed by atoms with Crippen molar-refractivity contribution in [2.75, 3.05) is 18.0 Å². The quantitative estimate of drug-likeness (QED) is 0.608. The van der Waals surface area contributed by atoms with E-state index in [1.54, 1.807) is 0 Å². The normalized spacial score (nSPS) is 17.0. The molecule has 0 saturated carbocycles. The predicted octanol–water partition coefficient (Wildman–Crippen LogP) is 3.76. The van der Waals surface area contributed by atoms with Crippen LogP contribution in [0.1, 0.15) is 70.0 Å². The fraction of sp³-hybridized carbons (Fsp3) is 0.542. The minimum Gasteiger partial charge on any atom is -0.355 e. The molecule has 0 aliphatic carbocycles. The number of benzene rings is 1. The maximum atomic E-state index is 13.1. The largest absolute Gasteiger partial charge is 0.355 e. The van der Waals surface area contributed by atoms with Crippen LogP contribution in [-0.2, 0) is 4.79 Å². The molecule has 8 nitrogen and oxygen atoms in total. The summed E-state index contributed by atoms with van der Waals surface area (Å²) in [5.74, 6) is 1.88. The summed E-state index contributed by atoms with van der Waals surface area (Å²) in [6.07, 6.45) is 2.74. The summed E-state index contributed by atoms with van der Waals surface area (Å²) in [6, 6.07) is 12.6. The second-order valence-corrected chi connectivity index (χ2v) is 9.19. The molecule has 1 fully saturated rings. The van der Waals surface area contributed by atoms with Crippen LogP contribution in [0.3, 0.4) is 0 Å². The molecule has 2 atom stereocenters. The van der Waals surface area contributed by atoms with E-state index in [1.165, 1.54) is 15.8 Å². The molecule has 170 valence electrons. The molecule has 0 radical (unpaired) electrons. The van der Waals surface area contributed by atoms with Crippen molar-refractivity contribution >= 4 is 17.4 Å². The summed E-state index contributed by atoms with van der Waals surface area (Å²) >= 11 is 0. The van der Waals surface area contributed by atoms with Crippen LogP contribution in [0.4, 0.5) is 5.82 Å². The van der Waals surface area contributed by atoms with E-state index in [0.717, 1.165) is 38.2 Å². The van der Waals surface area contributed by atoms with Crippen molar-refractivity contribution in [1.82, 2.24) is 30.6 Å². The van der Waals surface area contributed by atoms with Gasteiger partial charge in [0, 0.05) is 19.0 Å². The van der Waals surface area contributed by atoms with Crippen molar-refractivity contribution in [3.63, 3.8) is 0 Å². The van der Waals surface area contributed by atoms with Crippen molar-refractivity contribution in [2.24, 2.45) is 11.8 Å². The Morgan fingerprint density at radius 1 is 1.06 bits per heavy atom. The van der Waals surface area contributed by atoms with Crippen LogP contribution < -0.4 is 10.2 Å². The number of carbonyl (C=O) groups is 1. The van der Waals surface area contributed by atoms with Gasteiger partial charge in [0.1, 0.15) is 0 Å². The fourth-order valence-corrected chi connectivity index (χ4v) is 4.35. The second-order valence-electron chi connectivity index (χ2n) is 9.19. The third kappa shape index (κ3) is 4.74. The number of nitrogens with one attached hydrogen (secondary N) is 1. The van der Waals surface area contributed by atoms with Crippen LogP contribution in [-0.4, -0.2) is 44.3 Å². The van der Waals surface area contributed by atoms with Gasteiger partial charge in [-0.15, -0.1) is 14.8 Å². The Bertz CT molecular complexity index is 1040. The highest BCUT2D eigenvalue weighted by atomic mass is 16.2. The number of hydrogen-bond acceptors (Lipinski definition) is 6. The lowest BCUT2D eigenvalue weighted by Crippen LogP contribution is -2.42. The highest BCUT2D eigenvalue weighted by molar-refractivity contribution is 5.79. The third-order valence-corrected chi connectivity index (χ3v) is 6.69. The van der Waals surface area contributed by atoms with Crippen molar-refractivity contribution < 1.29 is 4.79 Å². The Hall–Kier alpha value is -3.03. The molecule has 3 aromatic rings. The minimum atomic E-state index is 0.0173. The number of carbonyl (C=O) groups excluding carboxylic acids is 1. The van der Waals surface area contributed by atoms with Gasteiger partial charge in [0.15, 0.2) is 11.5 Å². The number of aromatic nitrogens is 5. The number of piperidine rings is 1. The fourth-order valence-electron chi connectivity index (χ4n) is 4.35.